The lowest BCUT2D eigenvalue weighted by molar-refractivity contribution is 0.0607. The summed E-state index contributed by atoms with van der Waals surface area (Å²) < 4.78 is 0. The van der Waals surface area contributed by atoms with E-state index in [9.17, 15) is 4.79 Å². The Bertz CT molecular complexity index is 732. The third-order valence-corrected chi connectivity index (χ3v) is 5.25. The molecule has 0 bridgehead atoms. The highest BCUT2D eigenvalue weighted by atomic mass is 35.5. The van der Waals surface area contributed by atoms with E-state index in [2.05, 4.69) is 17.2 Å². The first-order valence-electron chi connectivity index (χ1n) is 9.41. The molecule has 3 rings (SSSR count). The second-order valence-electron chi connectivity index (χ2n) is 6.82. The molecule has 0 aliphatic carbocycles. The largest absolute Gasteiger partial charge is 0.383 e. The van der Waals surface area contributed by atoms with Crippen LogP contribution < -0.4 is 5.32 Å². The number of hydrogen-bond donors (Lipinski definition) is 1. The van der Waals surface area contributed by atoms with E-state index in [1.165, 1.54) is 12.0 Å². The smallest absolute Gasteiger partial charge is 0.255 e. The molecule has 1 N–H and O–H groups in total. The molecule has 1 aromatic heterocycles. The molecular weight excluding hydrogens is 346 g/mol. The van der Waals surface area contributed by atoms with Crippen LogP contribution in [0.4, 0.5) is 5.69 Å². The predicted octanol–water partition coefficient (Wildman–Crippen LogP) is 4.79. The van der Waals surface area contributed by atoms with Gasteiger partial charge in [0.15, 0.2) is 0 Å². The van der Waals surface area contributed by atoms with Crippen LogP contribution in [0.1, 0.15) is 48.5 Å². The molecule has 1 aromatic carbocycles. The van der Waals surface area contributed by atoms with Gasteiger partial charge >= 0.3 is 0 Å². The van der Waals surface area contributed by atoms with Gasteiger partial charge in [-0.1, -0.05) is 30.7 Å². The van der Waals surface area contributed by atoms with E-state index in [0.717, 1.165) is 49.5 Å². The Balaban J connectivity index is 1.60. The van der Waals surface area contributed by atoms with E-state index in [1.807, 2.05) is 35.2 Å². The van der Waals surface area contributed by atoms with Gasteiger partial charge in [-0.05, 0) is 55.9 Å². The van der Waals surface area contributed by atoms with Gasteiger partial charge in [0.05, 0.1) is 11.3 Å². The van der Waals surface area contributed by atoms with Crippen molar-refractivity contribution in [2.45, 2.75) is 45.1 Å². The second kappa shape index (κ2) is 9.04. The maximum atomic E-state index is 12.9. The van der Waals surface area contributed by atoms with Crippen LogP contribution in [0.5, 0.6) is 0 Å². The number of pyridine rings is 1. The molecule has 0 saturated carbocycles. The number of hydrogen-bond acceptors (Lipinski definition) is 3. The number of halogens is 1. The van der Waals surface area contributed by atoms with Gasteiger partial charge in [0.2, 0.25) is 0 Å². The van der Waals surface area contributed by atoms with Crippen LogP contribution >= 0.6 is 11.6 Å². The molecule has 1 unspecified atom stereocenters. The Morgan fingerprint density at radius 2 is 2.08 bits per heavy atom. The zero-order chi connectivity index (χ0) is 18.4. The second-order valence-corrected chi connectivity index (χ2v) is 7.26. The van der Waals surface area contributed by atoms with E-state index < -0.39 is 0 Å². The first-order valence-corrected chi connectivity index (χ1v) is 9.79. The molecule has 1 fully saturated rings. The molecule has 2 heterocycles. The average Bonchev–Trinajstić information content (AvgIpc) is 2.69. The van der Waals surface area contributed by atoms with Crippen LogP contribution in [-0.2, 0) is 6.42 Å². The number of piperidine rings is 1. The zero-order valence-corrected chi connectivity index (χ0v) is 16.0. The van der Waals surface area contributed by atoms with Crippen molar-refractivity contribution in [3.05, 3.63) is 58.9 Å². The topological polar surface area (TPSA) is 45.2 Å². The standard InChI is InChI=1S/C21H26ClN3O/c1-2-20-5-3-4-12-25(20)21(26)17-13-19(15-23-14-17)24-11-10-16-6-8-18(22)9-7-16/h6-9,13-15,20,24H,2-5,10-12H2,1H3. The van der Waals surface area contributed by atoms with Gasteiger partial charge in [0.1, 0.15) is 0 Å². The minimum Gasteiger partial charge on any atom is -0.383 e. The number of amides is 1. The van der Waals surface area contributed by atoms with Gasteiger partial charge in [0.25, 0.3) is 5.91 Å². The number of carbonyl (C=O) groups excluding carboxylic acids is 1. The molecular formula is C21H26ClN3O. The van der Waals surface area contributed by atoms with Gasteiger partial charge in [-0.25, -0.2) is 0 Å². The number of carbonyl (C=O) groups is 1. The van der Waals surface area contributed by atoms with Crippen LogP contribution in [0.15, 0.2) is 42.7 Å². The monoisotopic (exact) mass is 371 g/mol. The van der Waals surface area contributed by atoms with Crippen molar-refractivity contribution in [3.8, 4) is 0 Å². The first kappa shape index (κ1) is 18.7. The molecule has 1 amide bonds. The summed E-state index contributed by atoms with van der Waals surface area (Å²) in [6, 6.07) is 10.1. The van der Waals surface area contributed by atoms with Crippen molar-refractivity contribution in [2.75, 3.05) is 18.4 Å². The Morgan fingerprint density at radius 3 is 2.85 bits per heavy atom. The van der Waals surface area contributed by atoms with Crippen LogP contribution in [-0.4, -0.2) is 34.9 Å². The normalized spacial score (nSPS) is 17.2. The molecule has 1 aliphatic rings. The molecule has 1 atom stereocenters. The van der Waals surface area contributed by atoms with Gasteiger partial charge < -0.3 is 10.2 Å². The summed E-state index contributed by atoms with van der Waals surface area (Å²) in [5.74, 6) is 0.102. The number of aromatic nitrogens is 1. The fourth-order valence-electron chi connectivity index (χ4n) is 3.51. The summed E-state index contributed by atoms with van der Waals surface area (Å²) >= 11 is 5.91. The number of nitrogens with one attached hydrogen (secondary N) is 1. The SMILES string of the molecule is CCC1CCCCN1C(=O)c1cncc(NCCc2ccc(Cl)cc2)c1. The van der Waals surface area contributed by atoms with Crippen molar-refractivity contribution >= 4 is 23.2 Å². The third-order valence-electron chi connectivity index (χ3n) is 5.00. The lowest BCUT2D eigenvalue weighted by Gasteiger charge is -2.35. The van der Waals surface area contributed by atoms with Gasteiger partial charge in [0, 0.05) is 36.5 Å². The molecule has 0 spiro atoms. The van der Waals surface area contributed by atoms with Crippen molar-refractivity contribution in [1.82, 2.24) is 9.88 Å². The van der Waals surface area contributed by atoms with Crippen LogP contribution in [0, 0.1) is 0 Å². The maximum Gasteiger partial charge on any atom is 0.255 e. The van der Waals surface area contributed by atoms with Crippen LogP contribution in [0.3, 0.4) is 0 Å². The van der Waals surface area contributed by atoms with Gasteiger partial charge in [-0.2, -0.15) is 0 Å². The summed E-state index contributed by atoms with van der Waals surface area (Å²) in [5.41, 5.74) is 2.78. The molecule has 26 heavy (non-hydrogen) atoms. The molecule has 5 heteroatoms. The Kier molecular flexibility index (Phi) is 6.51. The minimum absolute atomic E-state index is 0.102. The summed E-state index contributed by atoms with van der Waals surface area (Å²) in [6.45, 7) is 3.79. The third kappa shape index (κ3) is 4.76. The number of likely N-dealkylation sites (tertiary alicyclic amines) is 1. The van der Waals surface area contributed by atoms with Crippen molar-refractivity contribution in [3.63, 3.8) is 0 Å². The predicted molar refractivity (Wildman–Crippen MR) is 107 cm³/mol. The fraction of sp³-hybridized carbons (Fsp3) is 0.429. The van der Waals surface area contributed by atoms with E-state index in [-0.39, 0.29) is 5.91 Å². The molecule has 1 saturated heterocycles. The molecule has 4 nitrogen and oxygen atoms in total. The number of nitrogens with zero attached hydrogens (tertiary/aromatic N) is 2. The molecule has 2 aromatic rings. The molecule has 0 radical (unpaired) electrons. The maximum absolute atomic E-state index is 12.9. The highest BCUT2D eigenvalue weighted by molar-refractivity contribution is 6.30. The van der Waals surface area contributed by atoms with E-state index in [1.54, 1.807) is 12.4 Å². The van der Waals surface area contributed by atoms with Gasteiger partial charge in [-0.15, -0.1) is 0 Å². The highest BCUT2D eigenvalue weighted by Gasteiger charge is 2.26. The van der Waals surface area contributed by atoms with E-state index >= 15 is 0 Å². The van der Waals surface area contributed by atoms with E-state index in [0.29, 0.717) is 11.6 Å². The summed E-state index contributed by atoms with van der Waals surface area (Å²) in [5, 5.41) is 4.12. The Labute approximate surface area is 160 Å². The minimum atomic E-state index is 0.102. The quantitative estimate of drug-likeness (QED) is 0.793. The van der Waals surface area contributed by atoms with Crippen molar-refractivity contribution in [2.24, 2.45) is 0 Å². The molecule has 1 aliphatic heterocycles. The number of anilines is 1. The van der Waals surface area contributed by atoms with Gasteiger partial charge in [-0.3, -0.25) is 9.78 Å². The van der Waals surface area contributed by atoms with Crippen LogP contribution in [0.25, 0.3) is 0 Å². The van der Waals surface area contributed by atoms with Crippen LogP contribution in [0.2, 0.25) is 5.02 Å². The zero-order valence-electron chi connectivity index (χ0n) is 15.2. The lowest BCUT2D eigenvalue weighted by Crippen LogP contribution is -2.43. The summed E-state index contributed by atoms with van der Waals surface area (Å²) in [4.78, 5) is 19.2. The average molecular weight is 372 g/mol. The van der Waals surface area contributed by atoms with Crippen molar-refractivity contribution in [1.29, 1.82) is 0 Å². The lowest BCUT2D eigenvalue weighted by atomic mass is 9.99. The molecule has 138 valence electrons. The first-order chi connectivity index (χ1) is 12.7. The number of benzene rings is 1. The Morgan fingerprint density at radius 1 is 1.27 bits per heavy atom. The van der Waals surface area contributed by atoms with E-state index in [4.69, 9.17) is 11.6 Å². The summed E-state index contributed by atoms with van der Waals surface area (Å²) in [7, 11) is 0. The van der Waals surface area contributed by atoms with Crippen molar-refractivity contribution < 1.29 is 4.79 Å². The summed E-state index contributed by atoms with van der Waals surface area (Å²) in [6.07, 6.45) is 8.76. The fourth-order valence-corrected chi connectivity index (χ4v) is 3.64. The number of rotatable bonds is 6. The Hall–Kier alpha value is -2.07. The highest BCUT2D eigenvalue weighted by Crippen LogP contribution is 2.22.